The van der Waals surface area contributed by atoms with E-state index in [1.165, 1.54) is 4.90 Å². The summed E-state index contributed by atoms with van der Waals surface area (Å²) in [5.41, 5.74) is -0.0946. The first-order valence-electron chi connectivity index (χ1n) is 6.59. The number of rotatable bonds is 5. The Labute approximate surface area is 109 Å². The van der Waals surface area contributed by atoms with Gasteiger partial charge in [-0.3, -0.25) is 9.59 Å². The van der Waals surface area contributed by atoms with Crippen molar-refractivity contribution in [2.24, 2.45) is 16.7 Å². The van der Waals surface area contributed by atoms with Crippen LogP contribution in [0.1, 0.15) is 48.0 Å². The minimum absolute atomic E-state index is 0.0123. The molecule has 0 aromatic rings. The molecular weight excluding hydrogens is 230 g/mol. The van der Waals surface area contributed by atoms with Gasteiger partial charge in [0.15, 0.2) is 0 Å². The molecule has 0 bridgehead atoms. The molecule has 0 saturated heterocycles. The van der Waals surface area contributed by atoms with Crippen molar-refractivity contribution in [3.05, 3.63) is 0 Å². The lowest BCUT2D eigenvalue weighted by atomic mass is 10.0. The summed E-state index contributed by atoms with van der Waals surface area (Å²) in [5.74, 6) is -1.03. The third-order valence-electron chi connectivity index (χ3n) is 4.98. The van der Waals surface area contributed by atoms with Crippen molar-refractivity contribution in [1.82, 2.24) is 4.90 Å². The summed E-state index contributed by atoms with van der Waals surface area (Å²) in [6.45, 7) is 12.0. The topological polar surface area (TPSA) is 57.6 Å². The molecule has 0 heterocycles. The van der Waals surface area contributed by atoms with Crippen molar-refractivity contribution >= 4 is 11.9 Å². The van der Waals surface area contributed by atoms with E-state index in [-0.39, 0.29) is 35.2 Å². The van der Waals surface area contributed by atoms with E-state index in [0.29, 0.717) is 0 Å². The molecule has 0 aromatic carbocycles. The number of nitrogens with zero attached hydrogens (tertiary/aromatic N) is 1. The van der Waals surface area contributed by atoms with Gasteiger partial charge in [-0.15, -0.1) is 0 Å². The van der Waals surface area contributed by atoms with E-state index in [0.717, 1.165) is 6.42 Å². The van der Waals surface area contributed by atoms with Gasteiger partial charge in [0.1, 0.15) is 6.54 Å². The predicted molar refractivity (Wildman–Crippen MR) is 70.2 cm³/mol. The average molecular weight is 255 g/mol. The van der Waals surface area contributed by atoms with Crippen molar-refractivity contribution in [3.8, 4) is 0 Å². The highest BCUT2D eigenvalue weighted by molar-refractivity contribution is 5.87. The van der Waals surface area contributed by atoms with E-state index in [4.69, 9.17) is 5.11 Å². The summed E-state index contributed by atoms with van der Waals surface area (Å²) in [6, 6.07) is -0.0270. The van der Waals surface area contributed by atoms with E-state index in [2.05, 4.69) is 27.7 Å². The molecule has 1 aliphatic rings. The first-order valence-corrected chi connectivity index (χ1v) is 6.59. The Morgan fingerprint density at radius 3 is 1.94 bits per heavy atom. The Kier molecular flexibility index (Phi) is 3.80. The van der Waals surface area contributed by atoms with Crippen LogP contribution in [0.25, 0.3) is 0 Å². The SMILES string of the molecule is CCC(C)N(CC(=O)O)C(=O)C1C(C)(C)C1(C)C. The van der Waals surface area contributed by atoms with Crippen LogP contribution >= 0.6 is 0 Å². The highest BCUT2D eigenvalue weighted by Crippen LogP contribution is 2.68. The lowest BCUT2D eigenvalue weighted by Crippen LogP contribution is -2.43. The Morgan fingerprint density at radius 2 is 1.67 bits per heavy atom. The van der Waals surface area contributed by atoms with Gasteiger partial charge in [0.25, 0.3) is 0 Å². The van der Waals surface area contributed by atoms with Crippen LogP contribution in [-0.4, -0.2) is 34.5 Å². The number of carboxylic acid groups (broad SMARTS) is 1. The summed E-state index contributed by atoms with van der Waals surface area (Å²) in [6.07, 6.45) is 0.770. The van der Waals surface area contributed by atoms with Crippen LogP contribution in [-0.2, 0) is 9.59 Å². The molecule has 0 aromatic heterocycles. The van der Waals surface area contributed by atoms with Crippen LogP contribution in [0.3, 0.4) is 0 Å². The van der Waals surface area contributed by atoms with E-state index in [9.17, 15) is 9.59 Å². The lowest BCUT2D eigenvalue weighted by Gasteiger charge is -2.28. The molecule has 18 heavy (non-hydrogen) atoms. The van der Waals surface area contributed by atoms with Crippen molar-refractivity contribution in [3.63, 3.8) is 0 Å². The van der Waals surface area contributed by atoms with Gasteiger partial charge in [-0.2, -0.15) is 0 Å². The highest BCUT2D eigenvalue weighted by atomic mass is 16.4. The Balaban J connectivity index is 2.89. The number of carbonyl (C=O) groups excluding carboxylic acids is 1. The zero-order chi connectivity index (χ0) is 14.3. The second kappa shape index (κ2) is 4.56. The number of amides is 1. The zero-order valence-corrected chi connectivity index (χ0v) is 12.3. The normalized spacial score (nSPS) is 22.3. The third-order valence-corrected chi connectivity index (χ3v) is 4.98. The lowest BCUT2D eigenvalue weighted by molar-refractivity contribution is -0.147. The summed E-state index contributed by atoms with van der Waals surface area (Å²) < 4.78 is 0. The maximum Gasteiger partial charge on any atom is 0.323 e. The molecule has 1 fully saturated rings. The summed E-state index contributed by atoms with van der Waals surface area (Å²) >= 11 is 0. The largest absolute Gasteiger partial charge is 0.480 e. The minimum Gasteiger partial charge on any atom is -0.480 e. The summed E-state index contributed by atoms with van der Waals surface area (Å²) in [7, 11) is 0. The number of aliphatic carboxylic acids is 1. The molecule has 1 N–H and O–H groups in total. The van der Waals surface area contributed by atoms with Gasteiger partial charge in [0.2, 0.25) is 5.91 Å². The van der Waals surface area contributed by atoms with Gasteiger partial charge in [-0.05, 0) is 24.2 Å². The number of hydrogen-bond donors (Lipinski definition) is 1. The van der Waals surface area contributed by atoms with Gasteiger partial charge in [0.05, 0.1) is 0 Å². The molecule has 4 nitrogen and oxygen atoms in total. The maximum atomic E-state index is 12.5. The molecular formula is C14H25NO3. The quantitative estimate of drug-likeness (QED) is 0.820. The van der Waals surface area contributed by atoms with Gasteiger partial charge >= 0.3 is 5.97 Å². The summed E-state index contributed by atoms with van der Waals surface area (Å²) in [4.78, 5) is 25.0. The molecule has 1 aliphatic carbocycles. The number of carboxylic acids is 1. The maximum absolute atomic E-state index is 12.5. The van der Waals surface area contributed by atoms with Crippen LogP contribution in [0, 0.1) is 16.7 Å². The Morgan fingerprint density at radius 1 is 1.22 bits per heavy atom. The van der Waals surface area contributed by atoms with E-state index < -0.39 is 5.97 Å². The average Bonchev–Trinajstić information content (AvgIpc) is 2.64. The Hall–Kier alpha value is -1.06. The fourth-order valence-electron chi connectivity index (χ4n) is 2.80. The van der Waals surface area contributed by atoms with Gasteiger partial charge in [0, 0.05) is 12.0 Å². The standard InChI is InChI=1S/C14H25NO3/c1-7-9(2)15(8-10(16)17)12(18)11-13(3,4)14(11,5)6/h9,11H,7-8H2,1-6H3,(H,16,17). The molecule has 1 unspecified atom stereocenters. The van der Waals surface area contributed by atoms with Crippen molar-refractivity contribution < 1.29 is 14.7 Å². The highest BCUT2D eigenvalue weighted by Gasteiger charge is 2.69. The third kappa shape index (κ3) is 2.25. The van der Waals surface area contributed by atoms with Crippen LogP contribution in [0.2, 0.25) is 0 Å². The smallest absolute Gasteiger partial charge is 0.323 e. The number of hydrogen-bond acceptors (Lipinski definition) is 2. The second-order valence-corrected chi connectivity index (χ2v) is 6.49. The van der Waals surface area contributed by atoms with Gasteiger partial charge < -0.3 is 10.0 Å². The van der Waals surface area contributed by atoms with Crippen LogP contribution in [0.5, 0.6) is 0 Å². The molecule has 1 saturated carbocycles. The first kappa shape index (κ1) is 15.0. The van der Waals surface area contributed by atoms with Crippen LogP contribution in [0.15, 0.2) is 0 Å². The molecule has 1 amide bonds. The van der Waals surface area contributed by atoms with Crippen LogP contribution < -0.4 is 0 Å². The predicted octanol–water partition coefficient (Wildman–Crippen LogP) is 2.38. The van der Waals surface area contributed by atoms with Gasteiger partial charge in [-0.25, -0.2) is 0 Å². The van der Waals surface area contributed by atoms with E-state index >= 15 is 0 Å². The molecule has 4 heteroatoms. The molecule has 0 spiro atoms. The van der Waals surface area contributed by atoms with Crippen molar-refractivity contribution in [1.29, 1.82) is 0 Å². The fourth-order valence-corrected chi connectivity index (χ4v) is 2.80. The minimum atomic E-state index is -0.945. The van der Waals surface area contributed by atoms with E-state index in [1.54, 1.807) is 0 Å². The molecule has 104 valence electrons. The fraction of sp³-hybridized carbons (Fsp3) is 0.857. The molecule has 1 atom stereocenters. The Bertz CT molecular complexity index is 346. The first-order chi connectivity index (χ1) is 8.07. The summed E-state index contributed by atoms with van der Waals surface area (Å²) in [5, 5.41) is 8.95. The zero-order valence-electron chi connectivity index (χ0n) is 12.3. The second-order valence-electron chi connectivity index (χ2n) is 6.49. The van der Waals surface area contributed by atoms with Crippen molar-refractivity contribution in [2.45, 2.75) is 54.0 Å². The molecule has 1 rings (SSSR count). The monoisotopic (exact) mass is 255 g/mol. The van der Waals surface area contributed by atoms with E-state index in [1.807, 2.05) is 13.8 Å². The van der Waals surface area contributed by atoms with Gasteiger partial charge in [-0.1, -0.05) is 34.6 Å². The van der Waals surface area contributed by atoms with Crippen molar-refractivity contribution in [2.75, 3.05) is 6.54 Å². The molecule has 0 aliphatic heterocycles. The van der Waals surface area contributed by atoms with Crippen LogP contribution in [0.4, 0.5) is 0 Å². The number of carbonyl (C=O) groups is 2. The molecule has 0 radical (unpaired) electrons.